The molecule has 0 radical (unpaired) electrons. The molecule has 1 N–H and O–H groups in total. The summed E-state index contributed by atoms with van der Waals surface area (Å²) in [6.45, 7) is 0.487. The molecule has 24 heavy (non-hydrogen) atoms. The van der Waals surface area contributed by atoms with E-state index >= 15 is 0 Å². The first-order valence-electron chi connectivity index (χ1n) is 8.69. The molecule has 1 aliphatic heterocycles. The molecule has 128 valence electrons. The summed E-state index contributed by atoms with van der Waals surface area (Å²) < 4.78 is 5.12. The molecular formula is C19H25N3O2. The third-order valence-electron chi connectivity index (χ3n) is 5.77. The first-order chi connectivity index (χ1) is 11.5. The summed E-state index contributed by atoms with van der Waals surface area (Å²) >= 11 is 0. The third-order valence-corrected chi connectivity index (χ3v) is 5.77. The van der Waals surface area contributed by atoms with E-state index in [0.29, 0.717) is 18.6 Å². The monoisotopic (exact) mass is 327 g/mol. The molecule has 0 bridgehead atoms. The lowest BCUT2D eigenvalue weighted by atomic mass is 9.75. The summed E-state index contributed by atoms with van der Waals surface area (Å²) in [5.41, 5.74) is 3.91. The molecule has 1 aromatic heterocycles. The second-order valence-electron chi connectivity index (χ2n) is 7.46. The van der Waals surface area contributed by atoms with Gasteiger partial charge in [0.1, 0.15) is 6.61 Å². The van der Waals surface area contributed by atoms with E-state index in [1.165, 1.54) is 34.9 Å². The van der Waals surface area contributed by atoms with Crippen LogP contribution in [0.2, 0.25) is 0 Å². The first-order valence-corrected chi connectivity index (χ1v) is 8.69. The number of aromatic amines is 1. The van der Waals surface area contributed by atoms with Crippen molar-refractivity contribution in [1.29, 1.82) is 0 Å². The number of cyclic esters (lactones) is 1. The van der Waals surface area contributed by atoms with E-state index in [1.54, 1.807) is 4.90 Å². The Bertz CT molecular complexity index is 761. The molecule has 2 aromatic rings. The third kappa shape index (κ3) is 2.57. The molecule has 1 saturated carbocycles. The van der Waals surface area contributed by atoms with Crippen molar-refractivity contribution >= 4 is 17.0 Å². The van der Waals surface area contributed by atoms with Gasteiger partial charge in [0.2, 0.25) is 0 Å². The minimum Gasteiger partial charge on any atom is -0.447 e. The molecule has 1 atom stereocenters. The number of hydrogen-bond acceptors (Lipinski definition) is 3. The number of carbonyl (C=O) groups excluding carboxylic acids is 1. The number of carbonyl (C=O) groups is 1. The largest absolute Gasteiger partial charge is 0.447 e. The number of rotatable bonds is 4. The van der Waals surface area contributed by atoms with E-state index in [9.17, 15) is 4.79 Å². The van der Waals surface area contributed by atoms with Crippen LogP contribution in [-0.2, 0) is 11.2 Å². The van der Waals surface area contributed by atoms with Crippen LogP contribution in [0.25, 0.3) is 10.9 Å². The van der Waals surface area contributed by atoms with Crippen LogP contribution in [0.5, 0.6) is 0 Å². The summed E-state index contributed by atoms with van der Waals surface area (Å²) in [5, 5.41) is 1.34. The summed E-state index contributed by atoms with van der Waals surface area (Å²) in [6, 6.07) is 7.45. The molecule has 2 fully saturated rings. The maximum Gasteiger partial charge on any atom is 0.409 e. The maximum atomic E-state index is 11.5. The van der Waals surface area contributed by atoms with Gasteiger partial charge < -0.3 is 19.5 Å². The lowest BCUT2D eigenvalue weighted by Crippen LogP contribution is -2.39. The predicted octanol–water partition coefficient (Wildman–Crippen LogP) is 2.97. The number of amides is 1. The van der Waals surface area contributed by atoms with Gasteiger partial charge in [-0.25, -0.2) is 4.79 Å². The minimum atomic E-state index is -0.215. The SMILES string of the molecule is CN1C(=O)OC[C@@H]1Cc1ccc2[nH]cc([C@H]3C[C@H](N(C)C)C3)c2c1. The lowest BCUT2D eigenvalue weighted by molar-refractivity contribution is 0.163. The van der Waals surface area contributed by atoms with Crippen molar-refractivity contribution in [2.45, 2.75) is 37.3 Å². The van der Waals surface area contributed by atoms with Crippen LogP contribution < -0.4 is 0 Å². The van der Waals surface area contributed by atoms with E-state index < -0.39 is 0 Å². The summed E-state index contributed by atoms with van der Waals surface area (Å²) in [4.78, 5) is 19.0. The predicted molar refractivity (Wildman–Crippen MR) is 94.4 cm³/mol. The maximum absolute atomic E-state index is 11.5. The van der Waals surface area contributed by atoms with Crippen LogP contribution in [0.1, 0.15) is 29.9 Å². The Labute approximate surface area is 142 Å². The topological polar surface area (TPSA) is 48.6 Å². The van der Waals surface area contributed by atoms with E-state index in [4.69, 9.17) is 4.74 Å². The molecule has 0 spiro atoms. The van der Waals surface area contributed by atoms with Gasteiger partial charge >= 0.3 is 6.09 Å². The fourth-order valence-corrected chi connectivity index (χ4v) is 3.92. The van der Waals surface area contributed by atoms with Gasteiger partial charge in [0.25, 0.3) is 0 Å². The standard InChI is InChI=1S/C19H25N3O2/c1-21(2)14-8-13(9-14)17-10-20-18-5-4-12(7-16(17)18)6-15-11-24-19(23)22(15)3/h4-5,7,10,13-15,20H,6,8-9,11H2,1-3H3/t13-,14-,15-/m0/s1. The normalized spacial score (nSPS) is 26.9. The Morgan fingerprint density at radius 1 is 1.33 bits per heavy atom. The van der Waals surface area contributed by atoms with E-state index in [2.05, 4.69) is 48.4 Å². The second-order valence-corrected chi connectivity index (χ2v) is 7.46. The highest BCUT2D eigenvalue weighted by Crippen LogP contribution is 2.42. The Balaban J connectivity index is 1.54. The molecule has 1 saturated heterocycles. The van der Waals surface area contributed by atoms with Crippen LogP contribution in [-0.4, -0.2) is 60.7 Å². The highest BCUT2D eigenvalue weighted by molar-refractivity contribution is 5.84. The Morgan fingerprint density at radius 2 is 2.12 bits per heavy atom. The number of benzene rings is 1. The van der Waals surface area contributed by atoms with E-state index in [-0.39, 0.29) is 12.1 Å². The molecule has 5 nitrogen and oxygen atoms in total. The quantitative estimate of drug-likeness (QED) is 0.939. The van der Waals surface area contributed by atoms with Crippen molar-refractivity contribution in [3.8, 4) is 0 Å². The molecule has 1 amide bonds. The van der Waals surface area contributed by atoms with Crippen molar-refractivity contribution in [3.63, 3.8) is 0 Å². The fourth-order valence-electron chi connectivity index (χ4n) is 3.92. The van der Waals surface area contributed by atoms with Gasteiger partial charge in [0.15, 0.2) is 0 Å². The van der Waals surface area contributed by atoms with Crippen LogP contribution in [0, 0.1) is 0 Å². The summed E-state index contributed by atoms with van der Waals surface area (Å²) in [5.74, 6) is 0.653. The summed E-state index contributed by atoms with van der Waals surface area (Å²) in [7, 11) is 6.14. The highest BCUT2D eigenvalue weighted by Gasteiger charge is 2.33. The fraction of sp³-hybridized carbons (Fsp3) is 0.526. The average Bonchev–Trinajstić information content (AvgIpc) is 3.04. The molecular weight excluding hydrogens is 302 g/mol. The Kier molecular flexibility index (Phi) is 3.76. The Morgan fingerprint density at radius 3 is 2.79 bits per heavy atom. The van der Waals surface area contributed by atoms with E-state index in [1.807, 2.05) is 7.05 Å². The first kappa shape index (κ1) is 15.5. The molecule has 1 aliphatic carbocycles. The van der Waals surface area contributed by atoms with Crippen LogP contribution in [0.15, 0.2) is 24.4 Å². The highest BCUT2D eigenvalue weighted by atomic mass is 16.6. The van der Waals surface area contributed by atoms with Gasteiger partial charge in [0, 0.05) is 30.2 Å². The van der Waals surface area contributed by atoms with Crippen molar-refractivity contribution in [3.05, 3.63) is 35.5 Å². The van der Waals surface area contributed by atoms with Crippen molar-refractivity contribution in [2.24, 2.45) is 0 Å². The van der Waals surface area contributed by atoms with Gasteiger partial charge in [0.05, 0.1) is 6.04 Å². The minimum absolute atomic E-state index is 0.138. The Hall–Kier alpha value is -2.01. The number of ether oxygens (including phenoxy) is 1. The van der Waals surface area contributed by atoms with Crippen LogP contribution >= 0.6 is 0 Å². The molecule has 0 unspecified atom stereocenters. The van der Waals surface area contributed by atoms with Crippen LogP contribution in [0.4, 0.5) is 4.79 Å². The van der Waals surface area contributed by atoms with E-state index in [0.717, 1.165) is 6.42 Å². The van der Waals surface area contributed by atoms with Crippen molar-refractivity contribution in [1.82, 2.24) is 14.8 Å². The number of aromatic nitrogens is 1. The van der Waals surface area contributed by atoms with Gasteiger partial charge in [-0.15, -0.1) is 0 Å². The molecule has 4 rings (SSSR count). The number of H-pyrrole nitrogens is 1. The van der Waals surface area contributed by atoms with Gasteiger partial charge in [-0.3, -0.25) is 0 Å². The van der Waals surface area contributed by atoms with Gasteiger partial charge in [-0.1, -0.05) is 6.07 Å². The summed E-state index contributed by atoms with van der Waals surface area (Å²) in [6.07, 6.45) is 5.27. The van der Waals surface area contributed by atoms with Gasteiger partial charge in [-0.2, -0.15) is 0 Å². The van der Waals surface area contributed by atoms with Crippen LogP contribution in [0.3, 0.4) is 0 Å². The number of nitrogens with one attached hydrogen (secondary N) is 1. The molecule has 2 aliphatic rings. The second kappa shape index (κ2) is 5.81. The zero-order valence-corrected chi connectivity index (χ0v) is 14.6. The zero-order chi connectivity index (χ0) is 16.8. The lowest BCUT2D eigenvalue weighted by Gasteiger charge is -2.39. The molecule has 5 heteroatoms. The number of hydrogen-bond donors (Lipinski definition) is 1. The number of fused-ring (bicyclic) bond motifs is 1. The molecule has 2 heterocycles. The van der Waals surface area contributed by atoms with Crippen molar-refractivity contribution in [2.75, 3.05) is 27.7 Å². The van der Waals surface area contributed by atoms with Crippen molar-refractivity contribution < 1.29 is 9.53 Å². The number of likely N-dealkylation sites (N-methyl/N-ethyl adjacent to an activating group) is 1. The zero-order valence-electron chi connectivity index (χ0n) is 14.6. The van der Waals surface area contributed by atoms with Gasteiger partial charge in [-0.05, 0) is 62.5 Å². The smallest absolute Gasteiger partial charge is 0.409 e. The average molecular weight is 327 g/mol. The number of nitrogens with zero attached hydrogens (tertiary/aromatic N) is 2. The molecule has 1 aromatic carbocycles.